The van der Waals surface area contributed by atoms with Gasteiger partial charge in [-0.25, -0.2) is 4.68 Å². The number of amides is 1. The molecule has 0 spiro atoms. The number of aromatic nitrogens is 3. The number of rotatable bonds is 3. The molecule has 0 aliphatic rings. The van der Waals surface area contributed by atoms with Crippen LogP contribution in [0.25, 0.3) is 11.0 Å². The zero-order chi connectivity index (χ0) is 15.7. The standard InChI is InChI=1S/C16H15BrN4O/c1-10-7-14-15(8-11(10)2)21(20-19-14)9-16(22)18-13-5-3-12(17)4-6-13/h3-8H,9H2,1-2H3,(H,18,22). The molecule has 3 aromatic rings. The monoisotopic (exact) mass is 358 g/mol. The molecule has 112 valence electrons. The van der Waals surface area contributed by atoms with Gasteiger partial charge in [0.1, 0.15) is 12.1 Å². The number of fused-ring (bicyclic) bond motifs is 1. The van der Waals surface area contributed by atoms with Crippen LogP contribution in [0.3, 0.4) is 0 Å². The Labute approximate surface area is 136 Å². The quantitative estimate of drug-likeness (QED) is 0.779. The molecule has 0 saturated carbocycles. The zero-order valence-corrected chi connectivity index (χ0v) is 13.9. The van der Waals surface area contributed by atoms with Crippen molar-refractivity contribution < 1.29 is 4.79 Å². The molecule has 22 heavy (non-hydrogen) atoms. The molecule has 5 nitrogen and oxygen atoms in total. The summed E-state index contributed by atoms with van der Waals surface area (Å²) in [6.07, 6.45) is 0. The summed E-state index contributed by atoms with van der Waals surface area (Å²) in [5.74, 6) is -0.132. The second-order valence-electron chi connectivity index (χ2n) is 5.23. The van der Waals surface area contributed by atoms with E-state index in [9.17, 15) is 4.79 Å². The van der Waals surface area contributed by atoms with E-state index >= 15 is 0 Å². The van der Waals surface area contributed by atoms with Gasteiger partial charge >= 0.3 is 0 Å². The van der Waals surface area contributed by atoms with Crippen molar-refractivity contribution in [2.24, 2.45) is 0 Å². The highest BCUT2D eigenvalue weighted by atomic mass is 79.9. The minimum atomic E-state index is -0.132. The number of carbonyl (C=O) groups is 1. The molecule has 1 aromatic heterocycles. The van der Waals surface area contributed by atoms with E-state index in [0.717, 1.165) is 26.8 Å². The summed E-state index contributed by atoms with van der Waals surface area (Å²) >= 11 is 3.36. The van der Waals surface area contributed by atoms with Crippen LogP contribution in [0.1, 0.15) is 11.1 Å². The minimum absolute atomic E-state index is 0.132. The van der Waals surface area contributed by atoms with Crippen LogP contribution in [-0.4, -0.2) is 20.9 Å². The maximum atomic E-state index is 12.1. The van der Waals surface area contributed by atoms with Crippen molar-refractivity contribution in [3.05, 3.63) is 52.0 Å². The lowest BCUT2D eigenvalue weighted by Crippen LogP contribution is -2.19. The third kappa shape index (κ3) is 3.01. The van der Waals surface area contributed by atoms with Gasteiger partial charge in [0.2, 0.25) is 5.91 Å². The van der Waals surface area contributed by atoms with Gasteiger partial charge in [0.25, 0.3) is 0 Å². The molecule has 1 N–H and O–H groups in total. The third-order valence-electron chi connectivity index (χ3n) is 3.55. The number of hydrogen-bond acceptors (Lipinski definition) is 3. The first-order valence-corrected chi connectivity index (χ1v) is 7.68. The second kappa shape index (κ2) is 5.88. The molecular formula is C16H15BrN4O. The molecule has 0 fully saturated rings. The average Bonchev–Trinajstić information content (AvgIpc) is 2.84. The van der Waals surface area contributed by atoms with Gasteiger partial charge in [-0.2, -0.15) is 0 Å². The number of hydrogen-bond donors (Lipinski definition) is 1. The van der Waals surface area contributed by atoms with Crippen LogP contribution in [0.4, 0.5) is 5.69 Å². The van der Waals surface area contributed by atoms with Crippen molar-refractivity contribution in [3.8, 4) is 0 Å². The van der Waals surface area contributed by atoms with Crippen LogP contribution in [0, 0.1) is 13.8 Å². The summed E-state index contributed by atoms with van der Waals surface area (Å²) in [5, 5.41) is 11.0. The molecule has 0 saturated heterocycles. The van der Waals surface area contributed by atoms with Gasteiger partial charge in [0, 0.05) is 10.2 Å². The van der Waals surface area contributed by atoms with Crippen molar-refractivity contribution in [3.63, 3.8) is 0 Å². The van der Waals surface area contributed by atoms with E-state index in [1.165, 1.54) is 5.56 Å². The third-order valence-corrected chi connectivity index (χ3v) is 4.08. The van der Waals surface area contributed by atoms with Crippen LogP contribution in [0.15, 0.2) is 40.9 Å². The van der Waals surface area contributed by atoms with Crippen LogP contribution in [-0.2, 0) is 11.3 Å². The van der Waals surface area contributed by atoms with Gasteiger partial charge < -0.3 is 5.32 Å². The molecule has 1 heterocycles. The number of benzene rings is 2. The van der Waals surface area contributed by atoms with E-state index < -0.39 is 0 Å². The first kappa shape index (κ1) is 14.7. The molecule has 0 atom stereocenters. The molecule has 0 bridgehead atoms. The van der Waals surface area contributed by atoms with E-state index in [4.69, 9.17) is 0 Å². The van der Waals surface area contributed by atoms with Crippen molar-refractivity contribution in [2.75, 3.05) is 5.32 Å². The largest absolute Gasteiger partial charge is 0.324 e. The lowest BCUT2D eigenvalue weighted by Gasteiger charge is -2.06. The maximum Gasteiger partial charge on any atom is 0.246 e. The second-order valence-corrected chi connectivity index (χ2v) is 6.14. The van der Waals surface area contributed by atoms with Gasteiger partial charge in [-0.3, -0.25) is 4.79 Å². The van der Waals surface area contributed by atoms with Gasteiger partial charge in [0.15, 0.2) is 0 Å². The Bertz CT molecular complexity index is 839. The van der Waals surface area contributed by atoms with Crippen LogP contribution in [0.2, 0.25) is 0 Å². The number of aryl methyl sites for hydroxylation is 2. The van der Waals surface area contributed by atoms with E-state index in [1.807, 2.05) is 50.2 Å². The SMILES string of the molecule is Cc1cc2nnn(CC(=O)Nc3ccc(Br)cc3)c2cc1C. The fraction of sp³-hybridized carbons (Fsp3) is 0.188. The number of halogens is 1. The highest BCUT2D eigenvalue weighted by Gasteiger charge is 2.10. The van der Waals surface area contributed by atoms with E-state index in [2.05, 4.69) is 31.6 Å². The van der Waals surface area contributed by atoms with E-state index in [0.29, 0.717) is 0 Å². The summed E-state index contributed by atoms with van der Waals surface area (Å²) in [4.78, 5) is 12.1. The Hall–Kier alpha value is -2.21. The topological polar surface area (TPSA) is 59.8 Å². The molecule has 0 aliphatic heterocycles. The van der Waals surface area contributed by atoms with E-state index in [-0.39, 0.29) is 12.5 Å². The van der Waals surface area contributed by atoms with Crippen LogP contribution >= 0.6 is 15.9 Å². The molecule has 6 heteroatoms. The molecular weight excluding hydrogens is 344 g/mol. The fourth-order valence-electron chi connectivity index (χ4n) is 2.21. The Morgan fingerprint density at radius 3 is 2.59 bits per heavy atom. The van der Waals surface area contributed by atoms with E-state index in [1.54, 1.807) is 4.68 Å². The number of nitrogens with one attached hydrogen (secondary N) is 1. The molecule has 0 radical (unpaired) electrons. The first-order valence-electron chi connectivity index (χ1n) is 6.89. The van der Waals surface area contributed by atoms with Crippen molar-refractivity contribution in [1.82, 2.24) is 15.0 Å². The number of nitrogens with zero attached hydrogens (tertiary/aromatic N) is 3. The Morgan fingerprint density at radius 2 is 1.86 bits per heavy atom. The molecule has 1 amide bonds. The molecule has 0 unspecified atom stereocenters. The van der Waals surface area contributed by atoms with Crippen molar-refractivity contribution in [1.29, 1.82) is 0 Å². The molecule has 2 aromatic carbocycles. The molecule has 3 rings (SSSR count). The normalized spacial score (nSPS) is 10.9. The zero-order valence-electron chi connectivity index (χ0n) is 12.3. The summed E-state index contributed by atoms with van der Waals surface area (Å²) < 4.78 is 2.59. The summed E-state index contributed by atoms with van der Waals surface area (Å²) in [6, 6.07) is 11.4. The van der Waals surface area contributed by atoms with Gasteiger partial charge in [-0.1, -0.05) is 21.1 Å². The van der Waals surface area contributed by atoms with Gasteiger partial charge in [-0.05, 0) is 61.4 Å². The maximum absolute atomic E-state index is 12.1. The summed E-state index contributed by atoms with van der Waals surface area (Å²) in [7, 11) is 0. The lowest BCUT2D eigenvalue weighted by atomic mass is 10.1. The Balaban J connectivity index is 1.79. The van der Waals surface area contributed by atoms with Crippen molar-refractivity contribution >= 4 is 38.6 Å². The Morgan fingerprint density at radius 1 is 1.18 bits per heavy atom. The summed E-state index contributed by atoms with van der Waals surface area (Å²) in [5.41, 5.74) is 4.75. The van der Waals surface area contributed by atoms with Gasteiger partial charge in [-0.15, -0.1) is 5.10 Å². The first-order chi connectivity index (χ1) is 10.5. The number of anilines is 1. The smallest absolute Gasteiger partial charge is 0.246 e. The van der Waals surface area contributed by atoms with Crippen LogP contribution < -0.4 is 5.32 Å². The average molecular weight is 359 g/mol. The fourth-order valence-corrected chi connectivity index (χ4v) is 2.47. The molecule has 0 aliphatic carbocycles. The van der Waals surface area contributed by atoms with Gasteiger partial charge in [0.05, 0.1) is 5.52 Å². The minimum Gasteiger partial charge on any atom is -0.324 e. The lowest BCUT2D eigenvalue weighted by molar-refractivity contribution is -0.116. The highest BCUT2D eigenvalue weighted by Crippen LogP contribution is 2.18. The van der Waals surface area contributed by atoms with Crippen LogP contribution in [0.5, 0.6) is 0 Å². The predicted octanol–water partition coefficient (Wildman–Crippen LogP) is 3.45. The van der Waals surface area contributed by atoms with Crippen molar-refractivity contribution in [2.45, 2.75) is 20.4 Å². The number of carbonyl (C=O) groups excluding carboxylic acids is 1. The summed E-state index contributed by atoms with van der Waals surface area (Å²) in [6.45, 7) is 4.21. The highest BCUT2D eigenvalue weighted by molar-refractivity contribution is 9.10. The predicted molar refractivity (Wildman–Crippen MR) is 89.8 cm³/mol. The Kier molecular flexibility index (Phi) is 3.94.